The number of aliphatic hydroxyl groups is 1. The van der Waals surface area contributed by atoms with Crippen LogP contribution in [0.2, 0.25) is 0 Å². The molecule has 0 spiro atoms. The van der Waals surface area contributed by atoms with Crippen LogP contribution in [-0.4, -0.2) is 22.4 Å². The maximum Gasteiger partial charge on any atom is 0.177 e. The van der Waals surface area contributed by atoms with E-state index >= 15 is 0 Å². The van der Waals surface area contributed by atoms with Crippen LogP contribution in [0, 0.1) is 0 Å². The van der Waals surface area contributed by atoms with Gasteiger partial charge in [-0.2, -0.15) is 0 Å². The van der Waals surface area contributed by atoms with Crippen molar-refractivity contribution in [1.82, 2.24) is 0 Å². The van der Waals surface area contributed by atoms with Crippen molar-refractivity contribution in [2.45, 2.75) is 22.1 Å². The number of allylic oxidation sites excluding steroid dienone is 2. The second kappa shape index (κ2) is 6.15. The molecule has 0 saturated heterocycles. The molecule has 120 valence electrons. The van der Waals surface area contributed by atoms with Crippen LogP contribution in [0.5, 0.6) is 0 Å². The van der Waals surface area contributed by atoms with Gasteiger partial charge in [-0.05, 0) is 23.3 Å². The third kappa shape index (κ3) is 2.58. The molecule has 5 heteroatoms. The lowest BCUT2D eigenvalue weighted by Crippen LogP contribution is -2.24. The molecule has 2 heterocycles. The fourth-order valence-electron chi connectivity index (χ4n) is 3.05. The average molecular weight is 354 g/mol. The number of carbonyl (C=O) groups excluding carboxylic acids is 2. The molecule has 2 aromatic carbocycles. The zero-order chi connectivity index (χ0) is 16.7. The summed E-state index contributed by atoms with van der Waals surface area (Å²) in [5, 5.41) is 10.8. The van der Waals surface area contributed by atoms with E-state index in [2.05, 4.69) is 0 Å². The molecule has 0 amide bonds. The minimum Gasteiger partial charge on any atom is -0.510 e. The Bertz CT molecular complexity index is 886. The van der Waals surface area contributed by atoms with Crippen LogP contribution in [0.15, 0.2) is 69.0 Å². The van der Waals surface area contributed by atoms with E-state index in [1.807, 2.05) is 48.5 Å². The van der Waals surface area contributed by atoms with Crippen LogP contribution < -0.4 is 0 Å². The molecule has 1 N–H and O–H groups in total. The normalized spacial score (nSPS) is 21.9. The number of ketones is 2. The van der Waals surface area contributed by atoms with Crippen molar-refractivity contribution >= 4 is 35.1 Å². The van der Waals surface area contributed by atoms with Crippen molar-refractivity contribution in [2.24, 2.45) is 0 Å². The van der Waals surface area contributed by atoms with Gasteiger partial charge in [0.05, 0.1) is 10.7 Å². The highest BCUT2D eigenvalue weighted by atomic mass is 32.2. The highest BCUT2D eigenvalue weighted by Crippen LogP contribution is 2.44. The van der Waals surface area contributed by atoms with E-state index in [1.54, 1.807) is 0 Å². The fourth-order valence-corrected chi connectivity index (χ4v) is 5.09. The average Bonchev–Trinajstić information content (AvgIpc) is 2.60. The maximum atomic E-state index is 12.5. The number of rotatable bonds is 1. The fraction of sp³-hybridized carbons (Fsp3) is 0.158. The minimum absolute atomic E-state index is 0.0593. The van der Waals surface area contributed by atoms with Gasteiger partial charge in [-0.1, -0.05) is 48.2 Å². The van der Waals surface area contributed by atoms with E-state index in [-0.39, 0.29) is 23.7 Å². The van der Waals surface area contributed by atoms with E-state index in [1.165, 1.54) is 23.5 Å². The summed E-state index contributed by atoms with van der Waals surface area (Å²) in [6.07, 6.45) is 0.264. The van der Waals surface area contributed by atoms with Crippen LogP contribution in [0.25, 0.3) is 0 Å². The number of hydrogen-bond donors (Lipinski definition) is 1. The smallest absolute Gasteiger partial charge is 0.177 e. The van der Waals surface area contributed by atoms with E-state index in [9.17, 15) is 14.7 Å². The molecule has 0 fully saturated rings. The van der Waals surface area contributed by atoms with Gasteiger partial charge >= 0.3 is 0 Å². The van der Waals surface area contributed by atoms with E-state index in [4.69, 9.17) is 0 Å². The number of thioether (sulfide) groups is 2. The largest absolute Gasteiger partial charge is 0.510 e. The molecule has 0 aromatic heterocycles. The molecule has 1 atom stereocenters. The Morgan fingerprint density at radius 1 is 1.00 bits per heavy atom. The quantitative estimate of drug-likeness (QED) is 0.616. The van der Waals surface area contributed by atoms with Crippen molar-refractivity contribution in [3.05, 3.63) is 70.3 Å². The predicted molar refractivity (Wildman–Crippen MR) is 95.6 cm³/mol. The Labute approximate surface area is 148 Å². The van der Waals surface area contributed by atoms with Crippen molar-refractivity contribution < 1.29 is 14.7 Å². The van der Waals surface area contributed by atoms with Gasteiger partial charge in [-0.3, -0.25) is 9.59 Å². The highest BCUT2D eigenvalue weighted by molar-refractivity contribution is 8.04. The number of Topliss-reactive ketones (excluding diaryl/α,β-unsaturated/α-hetero) is 2. The molecule has 0 saturated carbocycles. The van der Waals surface area contributed by atoms with Crippen molar-refractivity contribution in [1.29, 1.82) is 0 Å². The topological polar surface area (TPSA) is 54.4 Å². The predicted octanol–water partition coefficient (Wildman–Crippen LogP) is 4.13. The Morgan fingerprint density at radius 3 is 2.54 bits per heavy atom. The number of fused-ring (bicyclic) bond motifs is 2. The zero-order valence-corrected chi connectivity index (χ0v) is 14.3. The van der Waals surface area contributed by atoms with Gasteiger partial charge in [-0.25, -0.2) is 0 Å². The lowest BCUT2D eigenvalue weighted by Gasteiger charge is -2.26. The molecule has 24 heavy (non-hydrogen) atoms. The van der Waals surface area contributed by atoms with E-state index in [0.717, 1.165) is 20.9 Å². The number of aliphatic hydroxyl groups excluding tert-OH is 1. The van der Waals surface area contributed by atoms with Crippen molar-refractivity contribution in [3.8, 4) is 0 Å². The SMILES string of the molecule is O=C1Cc2ccccc2S/C1=C(/O)C1C(=O)CSc2ccccc21. The third-order valence-electron chi connectivity index (χ3n) is 4.22. The lowest BCUT2D eigenvalue weighted by atomic mass is 9.91. The Morgan fingerprint density at radius 2 is 1.71 bits per heavy atom. The summed E-state index contributed by atoms with van der Waals surface area (Å²) in [4.78, 5) is 27.2. The molecule has 2 aliphatic rings. The van der Waals surface area contributed by atoms with Crippen LogP contribution in [-0.2, 0) is 16.0 Å². The maximum absolute atomic E-state index is 12.5. The van der Waals surface area contributed by atoms with Gasteiger partial charge in [0.15, 0.2) is 11.6 Å². The molecule has 0 radical (unpaired) electrons. The molecule has 0 bridgehead atoms. The molecule has 0 aliphatic carbocycles. The lowest BCUT2D eigenvalue weighted by molar-refractivity contribution is -0.118. The second-order valence-corrected chi connectivity index (χ2v) is 7.82. The van der Waals surface area contributed by atoms with Crippen molar-refractivity contribution in [2.75, 3.05) is 5.75 Å². The number of carbonyl (C=O) groups is 2. The summed E-state index contributed by atoms with van der Waals surface area (Å²) in [6, 6.07) is 15.2. The van der Waals surface area contributed by atoms with Gasteiger partial charge < -0.3 is 5.11 Å². The van der Waals surface area contributed by atoms with Gasteiger partial charge in [0.25, 0.3) is 0 Å². The molecule has 3 nitrogen and oxygen atoms in total. The van der Waals surface area contributed by atoms with Gasteiger partial charge in [-0.15, -0.1) is 11.8 Å². The first kappa shape index (κ1) is 15.5. The minimum atomic E-state index is -0.737. The van der Waals surface area contributed by atoms with Gasteiger partial charge in [0.2, 0.25) is 0 Å². The van der Waals surface area contributed by atoms with Crippen LogP contribution >= 0.6 is 23.5 Å². The van der Waals surface area contributed by atoms with E-state index in [0.29, 0.717) is 10.7 Å². The molecular weight excluding hydrogens is 340 g/mol. The highest BCUT2D eigenvalue weighted by Gasteiger charge is 2.35. The summed E-state index contributed by atoms with van der Waals surface area (Å²) >= 11 is 2.74. The Balaban J connectivity index is 1.80. The molecular formula is C19H14O3S2. The first-order valence-electron chi connectivity index (χ1n) is 7.61. The summed E-state index contributed by atoms with van der Waals surface area (Å²) < 4.78 is 0. The first-order chi connectivity index (χ1) is 11.6. The van der Waals surface area contributed by atoms with Gasteiger partial charge in [0.1, 0.15) is 11.7 Å². The van der Waals surface area contributed by atoms with Crippen LogP contribution in [0.1, 0.15) is 17.0 Å². The zero-order valence-electron chi connectivity index (χ0n) is 12.7. The molecule has 4 rings (SSSR count). The summed E-state index contributed by atoms with van der Waals surface area (Å²) in [5.41, 5.74) is 1.76. The third-order valence-corrected chi connectivity index (χ3v) is 6.59. The number of hydrogen-bond acceptors (Lipinski definition) is 5. The van der Waals surface area contributed by atoms with Crippen molar-refractivity contribution in [3.63, 3.8) is 0 Å². The number of benzene rings is 2. The van der Waals surface area contributed by atoms with Crippen LogP contribution in [0.4, 0.5) is 0 Å². The van der Waals surface area contributed by atoms with Gasteiger partial charge in [0, 0.05) is 16.2 Å². The second-order valence-electron chi connectivity index (χ2n) is 5.75. The van der Waals surface area contributed by atoms with Crippen LogP contribution in [0.3, 0.4) is 0 Å². The summed E-state index contributed by atoms with van der Waals surface area (Å²) in [6.45, 7) is 0. The molecule has 2 aliphatic heterocycles. The Hall–Kier alpha value is -1.98. The monoisotopic (exact) mass is 354 g/mol. The summed E-state index contributed by atoms with van der Waals surface area (Å²) in [5.74, 6) is -0.707. The molecule has 2 aromatic rings. The standard InChI is InChI=1S/C19H14O3S2/c20-13-9-11-5-1-3-7-15(11)24-19(13)18(22)17-12-6-2-4-8-16(12)23-10-14(17)21/h1-8,17,22H,9-10H2/b19-18+. The molecule has 1 unspecified atom stereocenters. The van der Waals surface area contributed by atoms with E-state index < -0.39 is 5.92 Å². The first-order valence-corrected chi connectivity index (χ1v) is 9.42. The summed E-state index contributed by atoms with van der Waals surface area (Å²) in [7, 11) is 0. The Kier molecular flexibility index (Phi) is 3.98.